The first-order valence-corrected chi connectivity index (χ1v) is 7.80. The van der Waals surface area contributed by atoms with Crippen LogP contribution < -0.4 is 11.1 Å². The van der Waals surface area contributed by atoms with Crippen LogP contribution >= 0.6 is 27.7 Å². The van der Waals surface area contributed by atoms with Crippen molar-refractivity contribution in [3.8, 4) is 0 Å². The zero-order valence-electron chi connectivity index (χ0n) is 11.0. The monoisotopic (exact) mass is 350 g/mol. The summed E-state index contributed by atoms with van der Waals surface area (Å²) in [4.78, 5) is 13.1. The maximum Gasteiger partial charge on any atom is 0.237 e. The molecule has 20 heavy (non-hydrogen) atoms. The van der Waals surface area contributed by atoms with Crippen molar-refractivity contribution in [1.82, 2.24) is 0 Å². The molecular weight excluding hydrogens is 336 g/mol. The van der Waals surface area contributed by atoms with Crippen LogP contribution in [-0.2, 0) is 4.79 Å². The van der Waals surface area contributed by atoms with Crippen LogP contribution in [0.2, 0.25) is 0 Å². The predicted octanol–water partition coefficient (Wildman–Crippen LogP) is 4.15. The van der Waals surface area contributed by atoms with E-state index in [0.717, 1.165) is 20.7 Å². The minimum atomic E-state index is -0.178. The highest BCUT2D eigenvalue weighted by molar-refractivity contribution is 9.10. The van der Waals surface area contributed by atoms with Crippen LogP contribution in [0, 0.1) is 0 Å². The van der Waals surface area contributed by atoms with Gasteiger partial charge in [0.15, 0.2) is 0 Å². The molecule has 3 nitrogen and oxygen atoms in total. The lowest BCUT2D eigenvalue weighted by Gasteiger charge is -2.12. The molecule has 0 aromatic heterocycles. The summed E-state index contributed by atoms with van der Waals surface area (Å²) in [7, 11) is 0. The van der Waals surface area contributed by atoms with Gasteiger partial charge in [0.25, 0.3) is 0 Å². The maximum atomic E-state index is 12.1. The molecule has 0 aliphatic rings. The number of anilines is 2. The Bertz CT molecular complexity index is 584. The van der Waals surface area contributed by atoms with E-state index in [1.54, 1.807) is 0 Å². The molecule has 0 saturated carbocycles. The molecule has 104 valence electrons. The number of halogens is 1. The Hall–Kier alpha value is -1.46. The van der Waals surface area contributed by atoms with Crippen molar-refractivity contribution in [2.45, 2.75) is 17.1 Å². The fourth-order valence-corrected chi connectivity index (χ4v) is 2.71. The SMILES string of the molecule is CC(Sc1ccc(N)cc1)C(=O)Nc1ccc(Br)cc1. The summed E-state index contributed by atoms with van der Waals surface area (Å²) in [6.07, 6.45) is 0. The molecule has 0 saturated heterocycles. The lowest BCUT2D eigenvalue weighted by atomic mass is 10.3. The van der Waals surface area contributed by atoms with Crippen LogP contribution in [0.15, 0.2) is 57.9 Å². The minimum absolute atomic E-state index is 0.0193. The molecule has 2 aromatic rings. The van der Waals surface area contributed by atoms with Crippen molar-refractivity contribution in [1.29, 1.82) is 0 Å². The van der Waals surface area contributed by atoms with Gasteiger partial charge >= 0.3 is 0 Å². The zero-order chi connectivity index (χ0) is 14.5. The number of rotatable bonds is 4. The average molecular weight is 351 g/mol. The van der Waals surface area contributed by atoms with Crippen molar-refractivity contribution in [2.75, 3.05) is 11.1 Å². The molecular formula is C15H15BrN2OS. The molecule has 5 heteroatoms. The van der Waals surface area contributed by atoms with Crippen molar-refractivity contribution < 1.29 is 4.79 Å². The van der Waals surface area contributed by atoms with Crippen molar-refractivity contribution in [3.05, 3.63) is 53.0 Å². The Kier molecular flexibility index (Phi) is 5.09. The Balaban J connectivity index is 1.94. The second kappa shape index (κ2) is 6.81. The summed E-state index contributed by atoms with van der Waals surface area (Å²) in [5.74, 6) is -0.0193. The standard InChI is InChI=1S/C15H15BrN2OS/c1-10(20-14-8-4-12(17)5-9-14)15(19)18-13-6-2-11(16)3-7-13/h2-10H,17H2,1H3,(H,18,19). The van der Waals surface area contributed by atoms with E-state index in [-0.39, 0.29) is 11.2 Å². The highest BCUT2D eigenvalue weighted by atomic mass is 79.9. The van der Waals surface area contributed by atoms with Gasteiger partial charge < -0.3 is 11.1 Å². The van der Waals surface area contributed by atoms with Gasteiger partial charge in [-0.25, -0.2) is 0 Å². The first kappa shape index (κ1) is 14.9. The molecule has 2 aromatic carbocycles. The van der Waals surface area contributed by atoms with Crippen molar-refractivity contribution in [3.63, 3.8) is 0 Å². The van der Waals surface area contributed by atoms with E-state index in [9.17, 15) is 4.79 Å². The van der Waals surface area contributed by atoms with Crippen molar-refractivity contribution >= 4 is 45.0 Å². The maximum absolute atomic E-state index is 12.1. The third-order valence-corrected chi connectivity index (χ3v) is 4.31. The predicted molar refractivity (Wildman–Crippen MR) is 88.9 cm³/mol. The lowest BCUT2D eigenvalue weighted by Crippen LogP contribution is -2.22. The summed E-state index contributed by atoms with van der Waals surface area (Å²) in [6.45, 7) is 1.88. The highest BCUT2D eigenvalue weighted by Crippen LogP contribution is 2.25. The molecule has 1 atom stereocenters. The van der Waals surface area contributed by atoms with Gasteiger partial charge in [0.05, 0.1) is 5.25 Å². The number of hydrogen-bond donors (Lipinski definition) is 2. The van der Waals surface area contributed by atoms with E-state index in [2.05, 4.69) is 21.2 Å². The minimum Gasteiger partial charge on any atom is -0.399 e. The van der Waals surface area contributed by atoms with Crippen LogP contribution in [0.4, 0.5) is 11.4 Å². The first-order chi connectivity index (χ1) is 9.54. The molecule has 0 spiro atoms. The van der Waals surface area contributed by atoms with Gasteiger partial charge in [-0.1, -0.05) is 15.9 Å². The van der Waals surface area contributed by atoms with Crippen LogP contribution in [0.1, 0.15) is 6.92 Å². The number of benzene rings is 2. The van der Waals surface area contributed by atoms with E-state index in [1.165, 1.54) is 11.8 Å². The molecule has 0 bridgehead atoms. The average Bonchev–Trinajstić information content (AvgIpc) is 2.44. The van der Waals surface area contributed by atoms with E-state index in [0.29, 0.717) is 0 Å². The smallest absolute Gasteiger partial charge is 0.237 e. The van der Waals surface area contributed by atoms with Gasteiger partial charge in [-0.3, -0.25) is 4.79 Å². The molecule has 1 unspecified atom stereocenters. The number of hydrogen-bond acceptors (Lipinski definition) is 3. The summed E-state index contributed by atoms with van der Waals surface area (Å²) < 4.78 is 0.986. The number of nitrogens with one attached hydrogen (secondary N) is 1. The molecule has 0 aliphatic carbocycles. The van der Waals surface area contributed by atoms with Crippen LogP contribution in [0.25, 0.3) is 0 Å². The second-order valence-corrected chi connectivity index (χ2v) is 6.66. The zero-order valence-corrected chi connectivity index (χ0v) is 13.4. The third-order valence-electron chi connectivity index (χ3n) is 2.67. The molecule has 0 fully saturated rings. The largest absolute Gasteiger partial charge is 0.399 e. The van der Waals surface area contributed by atoms with Crippen LogP contribution in [0.5, 0.6) is 0 Å². The number of amides is 1. The molecule has 3 N–H and O–H groups in total. The number of thioether (sulfide) groups is 1. The molecule has 0 aliphatic heterocycles. The highest BCUT2D eigenvalue weighted by Gasteiger charge is 2.14. The Morgan fingerprint density at radius 2 is 1.75 bits per heavy atom. The summed E-state index contributed by atoms with van der Waals surface area (Å²) >= 11 is 4.87. The number of carbonyl (C=O) groups excluding carboxylic acids is 1. The van der Waals surface area contributed by atoms with Gasteiger partial charge in [0.1, 0.15) is 0 Å². The number of nitrogen functional groups attached to an aromatic ring is 1. The van der Waals surface area contributed by atoms with Gasteiger partial charge in [0.2, 0.25) is 5.91 Å². The summed E-state index contributed by atoms with van der Waals surface area (Å²) in [6, 6.07) is 15.0. The van der Waals surface area contributed by atoms with Crippen molar-refractivity contribution in [2.24, 2.45) is 0 Å². The summed E-state index contributed by atoms with van der Waals surface area (Å²) in [5.41, 5.74) is 7.16. The Labute approximate surface area is 131 Å². The van der Waals surface area contributed by atoms with E-state index in [1.807, 2.05) is 55.5 Å². The van der Waals surface area contributed by atoms with E-state index in [4.69, 9.17) is 5.73 Å². The molecule has 1 amide bonds. The third kappa shape index (κ3) is 4.28. The Morgan fingerprint density at radius 3 is 2.35 bits per heavy atom. The number of carbonyl (C=O) groups is 1. The lowest BCUT2D eigenvalue weighted by molar-refractivity contribution is -0.115. The first-order valence-electron chi connectivity index (χ1n) is 6.13. The fourth-order valence-electron chi connectivity index (χ4n) is 1.58. The molecule has 2 rings (SSSR count). The Morgan fingerprint density at radius 1 is 1.15 bits per heavy atom. The van der Waals surface area contributed by atoms with Gasteiger partial charge in [-0.15, -0.1) is 11.8 Å². The van der Waals surface area contributed by atoms with Gasteiger partial charge in [-0.2, -0.15) is 0 Å². The normalized spacial score (nSPS) is 11.9. The van der Waals surface area contributed by atoms with Gasteiger partial charge in [-0.05, 0) is 55.5 Å². The number of nitrogens with two attached hydrogens (primary N) is 1. The quantitative estimate of drug-likeness (QED) is 0.643. The molecule has 0 heterocycles. The van der Waals surface area contributed by atoms with E-state index < -0.39 is 0 Å². The van der Waals surface area contributed by atoms with E-state index >= 15 is 0 Å². The second-order valence-electron chi connectivity index (χ2n) is 4.33. The summed E-state index contributed by atoms with van der Waals surface area (Å²) in [5, 5.41) is 2.72. The molecule has 0 radical (unpaired) electrons. The topological polar surface area (TPSA) is 55.1 Å². The van der Waals surface area contributed by atoms with Crippen LogP contribution in [0.3, 0.4) is 0 Å². The van der Waals surface area contributed by atoms with Crippen LogP contribution in [-0.4, -0.2) is 11.2 Å². The van der Waals surface area contributed by atoms with Gasteiger partial charge in [0, 0.05) is 20.7 Å². The fraction of sp³-hybridized carbons (Fsp3) is 0.133.